The lowest BCUT2D eigenvalue weighted by Crippen LogP contribution is -2.19. The first kappa shape index (κ1) is 11.4. The van der Waals surface area contributed by atoms with Gasteiger partial charge in [-0.3, -0.25) is 4.68 Å². The van der Waals surface area contributed by atoms with Crippen LogP contribution in [0.2, 0.25) is 0 Å². The van der Waals surface area contributed by atoms with Gasteiger partial charge < -0.3 is 5.11 Å². The molecule has 1 atom stereocenters. The van der Waals surface area contributed by atoms with Gasteiger partial charge in [-0.2, -0.15) is 5.10 Å². The molecule has 15 heavy (non-hydrogen) atoms. The van der Waals surface area contributed by atoms with Crippen molar-refractivity contribution in [3.8, 4) is 0 Å². The molecule has 0 bridgehead atoms. The van der Waals surface area contributed by atoms with E-state index in [-0.39, 0.29) is 6.10 Å². The predicted octanol–water partition coefficient (Wildman–Crippen LogP) is 2.43. The van der Waals surface area contributed by atoms with E-state index in [9.17, 15) is 5.11 Å². The molecule has 1 N–H and O–H groups in total. The Morgan fingerprint density at radius 3 is 2.87 bits per heavy atom. The van der Waals surface area contributed by atoms with Crippen molar-refractivity contribution >= 4 is 22.6 Å². The third-order valence-corrected chi connectivity index (χ3v) is 3.64. The van der Waals surface area contributed by atoms with Crippen molar-refractivity contribution in [3.05, 3.63) is 16.0 Å². The number of nitrogens with zero attached hydrogens (tertiary/aromatic N) is 2. The van der Waals surface area contributed by atoms with Gasteiger partial charge >= 0.3 is 0 Å². The second kappa shape index (κ2) is 5.30. The fourth-order valence-corrected chi connectivity index (χ4v) is 2.81. The number of aliphatic hydroxyl groups excluding tert-OH is 1. The molecule has 0 saturated heterocycles. The predicted molar refractivity (Wildman–Crippen MR) is 67.5 cm³/mol. The van der Waals surface area contributed by atoms with Gasteiger partial charge in [0.05, 0.1) is 22.4 Å². The fraction of sp³-hybridized carbons (Fsp3) is 0.727. The van der Waals surface area contributed by atoms with E-state index in [1.165, 1.54) is 25.7 Å². The second-order valence-corrected chi connectivity index (χ2v) is 5.67. The summed E-state index contributed by atoms with van der Waals surface area (Å²) in [6.07, 6.45) is 9.79. The van der Waals surface area contributed by atoms with Gasteiger partial charge in [0.1, 0.15) is 0 Å². The molecule has 1 aromatic heterocycles. The molecule has 1 heterocycles. The molecule has 1 aliphatic carbocycles. The van der Waals surface area contributed by atoms with E-state index in [4.69, 9.17) is 0 Å². The second-order valence-electron chi connectivity index (χ2n) is 4.42. The van der Waals surface area contributed by atoms with Gasteiger partial charge in [0.25, 0.3) is 0 Å². The molecule has 3 nitrogen and oxygen atoms in total. The first-order valence-corrected chi connectivity index (χ1v) is 6.68. The summed E-state index contributed by atoms with van der Waals surface area (Å²) in [7, 11) is 0. The Bertz CT molecular complexity index is 307. The summed E-state index contributed by atoms with van der Waals surface area (Å²) < 4.78 is 2.96. The van der Waals surface area contributed by atoms with E-state index >= 15 is 0 Å². The number of hydrogen-bond acceptors (Lipinski definition) is 2. The molecule has 0 aromatic carbocycles. The Kier molecular flexibility index (Phi) is 4.02. The summed E-state index contributed by atoms with van der Waals surface area (Å²) in [6, 6.07) is 0. The summed E-state index contributed by atoms with van der Waals surface area (Å²) in [5, 5.41) is 14.1. The number of halogens is 1. The normalized spacial score (nSPS) is 19.6. The van der Waals surface area contributed by atoms with Crippen LogP contribution in [0.25, 0.3) is 0 Å². The highest BCUT2D eigenvalue weighted by atomic mass is 127. The molecule has 0 amide bonds. The van der Waals surface area contributed by atoms with Crippen molar-refractivity contribution < 1.29 is 5.11 Å². The average molecular weight is 320 g/mol. The van der Waals surface area contributed by atoms with Crippen LogP contribution in [0.3, 0.4) is 0 Å². The number of aliphatic hydroxyl groups is 1. The maximum atomic E-state index is 9.91. The Hall–Kier alpha value is -0.100. The van der Waals surface area contributed by atoms with Gasteiger partial charge in [0.2, 0.25) is 0 Å². The van der Waals surface area contributed by atoms with Gasteiger partial charge in [-0.1, -0.05) is 25.7 Å². The van der Waals surface area contributed by atoms with Gasteiger partial charge in [-0.05, 0) is 34.9 Å². The van der Waals surface area contributed by atoms with Gasteiger partial charge in [0.15, 0.2) is 0 Å². The molecule has 0 spiro atoms. The summed E-state index contributed by atoms with van der Waals surface area (Å²) in [5.41, 5.74) is 0. The average Bonchev–Trinajstić information content (AvgIpc) is 2.77. The van der Waals surface area contributed by atoms with Crippen LogP contribution in [-0.4, -0.2) is 21.0 Å². The van der Waals surface area contributed by atoms with E-state index < -0.39 is 0 Å². The van der Waals surface area contributed by atoms with E-state index in [0.29, 0.717) is 6.54 Å². The van der Waals surface area contributed by atoms with Gasteiger partial charge in [-0.25, -0.2) is 0 Å². The largest absolute Gasteiger partial charge is 0.391 e. The zero-order valence-corrected chi connectivity index (χ0v) is 10.9. The first-order chi connectivity index (χ1) is 7.24. The van der Waals surface area contributed by atoms with Crippen molar-refractivity contribution in [1.29, 1.82) is 0 Å². The van der Waals surface area contributed by atoms with Gasteiger partial charge in [0, 0.05) is 6.20 Å². The SMILES string of the molecule is OC(CC1CCCC1)Cn1cc(I)cn1. The molecule has 1 unspecified atom stereocenters. The van der Waals surface area contributed by atoms with Crippen LogP contribution >= 0.6 is 22.6 Å². The molecule has 84 valence electrons. The molecular formula is C11H17IN2O. The topological polar surface area (TPSA) is 38.0 Å². The van der Waals surface area contributed by atoms with Crippen molar-refractivity contribution in [2.45, 2.75) is 44.8 Å². The quantitative estimate of drug-likeness (QED) is 0.866. The fourth-order valence-electron chi connectivity index (χ4n) is 2.36. The lowest BCUT2D eigenvalue weighted by Gasteiger charge is -2.15. The van der Waals surface area contributed by atoms with E-state index in [2.05, 4.69) is 27.7 Å². The van der Waals surface area contributed by atoms with Crippen LogP contribution in [0.1, 0.15) is 32.1 Å². The molecule has 1 aliphatic rings. The molecule has 1 aromatic rings. The van der Waals surface area contributed by atoms with Crippen molar-refractivity contribution in [2.24, 2.45) is 5.92 Å². The van der Waals surface area contributed by atoms with Crippen molar-refractivity contribution in [1.82, 2.24) is 9.78 Å². The van der Waals surface area contributed by atoms with Crippen molar-refractivity contribution in [3.63, 3.8) is 0 Å². The third-order valence-electron chi connectivity index (χ3n) is 3.08. The third kappa shape index (κ3) is 3.45. The first-order valence-electron chi connectivity index (χ1n) is 5.60. The Balaban J connectivity index is 1.78. The lowest BCUT2D eigenvalue weighted by molar-refractivity contribution is 0.120. The summed E-state index contributed by atoms with van der Waals surface area (Å²) in [6.45, 7) is 0.638. The lowest BCUT2D eigenvalue weighted by atomic mass is 10.0. The maximum absolute atomic E-state index is 9.91. The minimum absolute atomic E-state index is 0.233. The van der Waals surface area contributed by atoms with Crippen LogP contribution in [-0.2, 0) is 6.54 Å². The number of hydrogen-bond donors (Lipinski definition) is 1. The number of rotatable bonds is 4. The molecule has 0 radical (unpaired) electrons. The van der Waals surface area contributed by atoms with E-state index in [1.54, 1.807) is 0 Å². The van der Waals surface area contributed by atoms with Gasteiger partial charge in [-0.15, -0.1) is 0 Å². The molecule has 0 aliphatic heterocycles. The zero-order chi connectivity index (χ0) is 10.7. The highest BCUT2D eigenvalue weighted by molar-refractivity contribution is 14.1. The Morgan fingerprint density at radius 2 is 2.27 bits per heavy atom. The van der Waals surface area contributed by atoms with Crippen LogP contribution in [0.5, 0.6) is 0 Å². The minimum Gasteiger partial charge on any atom is -0.391 e. The van der Waals surface area contributed by atoms with Crippen molar-refractivity contribution in [2.75, 3.05) is 0 Å². The zero-order valence-electron chi connectivity index (χ0n) is 8.77. The highest BCUT2D eigenvalue weighted by Crippen LogP contribution is 2.28. The Morgan fingerprint density at radius 1 is 1.53 bits per heavy atom. The highest BCUT2D eigenvalue weighted by Gasteiger charge is 2.19. The van der Waals surface area contributed by atoms with Crippen LogP contribution in [0.15, 0.2) is 12.4 Å². The minimum atomic E-state index is -0.233. The molecule has 1 fully saturated rings. The van der Waals surface area contributed by atoms with E-state index in [1.807, 2.05) is 17.1 Å². The standard InChI is InChI=1S/C11H17IN2O/c12-10-6-13-14(7-10)8-11(15)5-9-3-1-2-4-9/h6-7,9,11,15H,1-5,8H2. The van der Waals surface area contributed by atoms with Crippen LogP contribution in [0, 0.1) is 9.49 Å². The van der Waals surface area contributed by atoms with E-state index in [0.717, 1.165) is 15.9 Å². The van der Waals surface area contributed by atoms with Crippen LogP contribution in [0.4, 0.5) is 0 Å². The summed E-state index contributed by atoms with van der Waals surface area (Å²) in [4.78, 5) is 0. The smallest absolute Gasteiger partial charge is 0.0738 e. The summed E-state index contributed by atoms with van der Waals surface area (Å²) in [5.74, 6) is 0.745. The Labute approximate surface area is 104 Å². The molecule has 4 heteroatoms. The summed E-state index contributed by atoms with van der Waals surface area (Å²) >= 11 is 2.23. The maximum Gasteiger partial charge on any atom is 0.0738 e. The molecule has 2 rings (SSSR count). The monoisotopic (exact) mass is 320 g/mol. The number of aromatic nitrogens is 2. The molecule has 1 saturated carbocycles. The van der Waals surface area contributed by atoms with Crippen LogP contribution < -0.4 is 0 Å². The molecular weight excluding hydrogens is 303 g/mol.